The van der Waals surface area contributed by atoms with Crippen molar-refractivity contribution in [3.63, 3.8) is 0 Å². The maximum absolute atomic E-state index is 9.02. The van der Waals surface area contributed by atoms with Gasteiger partial charge in [0.15, 0.2) is 0 Å². The van der Waals surface area contributed by atoms with Crippen LogP contribution in [0.25, 0.3) is 0 Å². The van der Waals surface area contributed by atoms with E-state index in [2.05, 4.69) is 48.3 Å². The van der Waals surface area contributed by atoms with Crippen LogP contribution in [0.15, 0.2) is 48.5 Å². The van der Waals surface area contributed by atoms with E-state index in [9.17, 15) is 0 Å². The topological polar surface area (TPSA) is 35.5 Å². The van der Waals surface area contributed by atoms with Gasteiger partial charge in [0.2, 0.25) is 0 Å². The summed E-state index contributed by atoms with van der Waals surface area (Å²) >= 11 is 0. The molecule has 0 unspecified atom stereocenters. The van der Waals surface area contributed by atoms with Gasteiger partial charge in [-0.3, -0.25) is 0 Å². The lowest BCUT2D eigenvalue weighted by atomic mass is 10.1. The van der Waals surface area contributed by atoms with Crippen LogP contribution in [0.4, 0.5) is 11.4 Å². The molecule has 0 amide bonds. The lowest BCUT2D eigenvalue weighted by Crippen LogP contribution is -2.21. The van der Waals surface area contributed by atoms with Gasteiger partial charge in [-0.15, -0.1) is 0 Å². The molecule has 0 aliphatic rings. The van der Waals surface area contributed by atoms with Crippen LogP contribution in [0.2, 0.25) is 0 Å². The maximum atomic E-state index is 9.02. The van der Waals surface area contributed by atoms with Gasteiger partial charge >= 0.3 is 0 Å². The quantitative estimate of drug-likeness (QED) is 0.815. The Morgan fingerprint density at radius 1 is 0.857 bits per heavy atom. The second kappa shape index (κ2) is 7.70. The van der Waals surface area contributed by atoms with E-state index in [0.29, 0.717) is 0 Å². The van der Waals surface area contributed by atoms with Crippen LogP contribution in [0, 0.1) is 0 Å². The number of hydrogen-bond donors (Lipinski definition) is 2. The molecule has 3 nitrogen and oxygen atoms in total. The summed E-state index contributed by atoms with van der Waals surface area (Å²) in [4.78, 5) is 2.34. The Morgan fingerprint density at radius 3 is 1.95 bits per heavy atom. The highest BCUT2D eigenvalue weighted by Crippen LogP contribution is 2.16. The molecule has 0 saturated carbocycles. The van der Waals surface area contributed by atoms with Crippen molar-refractivity contribution in [2.24, 2.45) is 0 Å². The predicted molar refractivity (Wildman–Crippen MR) is 89.7 cm³/mol. The lowest BCUT2D eigenvalue weighted by Gasteiger charge is -2.21. The molecule has 0 atom stereocenters. The molecule has 2 rings (SSSR count). The fourth-order valence-electron chi connectivity index (χ4n) is 2.35. The Hall–Kier alpha value is -2.00. The molecule has 3 heteroatoms. The van der Waals surface area contributed by atoms with Crippen LogP contribution in [0.1, 0.15) is 25.0 Å². The molecule has 0 aliphatic carbocycles. The van der Waals surface area contributed by atoms with E-state index in [0.717, 1.165) is 30.9 Å². The van der Waals surface area contributed by atoms with Crippen molar-refractivity contribution in [2.75, 3.05) is 23.3 Å². The summed E-state index contributed by atoms with van der Waals surface area (Å²) < 4.78 is 0. The lowest BCUT2D eigenvalue weighted by molar-refractivity contribution is 0.282. The molecule has 0 heterocycles. The molecule has 0 saturated heterocycles. The van der Waals surface area contributed by atoms with E-state index >= 15 is 0 Å². The highest BCUT2D eigenvalue weighted by molar-refractivity contribution is 5.49. The maximum Gasteiger partial charge on any atom is 0.0681 e. The molecule has 112 valence electrons. The second-order valence-corrected chi connectivity index (χ2v) is 5.05. The van der Waals surface area contributed by atoms with Gasteiger partial charge in [0.05, 0.1) is 6.61 Å². The van der Waals surface area contributed by atoms with Crippen molar-refractivity contribution in [3.8, 4) is 0 Å². The van der Waals surface area contributed by atoms with Gasteiger partial charge in [0, 0.05) is 31.0 Å². The van der Waals surface area contributed by atoms with Crippen molar-refractivity contribution in [1.29, 1.82) is 0 Å². The standard InChI is InChI=1S/C18H24N2O/c1-3-20(4-2)18-11-7-15(8-12-18)13-19-17-9-5-16(14-21)6-10-17/h5-12,19,21H,3-4,13-14H2,1-2H3. The highest BCUT2D eigenvalue weighted by Gasteiger charge is 2.01. The molecule has 2 aromatic carbocycles. The molecule has 2 aromatic rings. The van der Waals surface area contributed by atoms with Crippen molar-refractivity contribution >= 4 is 11.4 Å². The summed E-state index contributed by atoms with van der Waals surface area (Å²) in [6.45, 7) is 7.31. The Bertz CT molecular complexity index is 530. The van der Waals surface area contributed by atoms with E-state index in [1.54, 1.807) is 0 Å². The van der Waals surface area contributed by atoms with Gasteiger partial charge in [-0.1, -0.05) is 24.3 Å². The Balaban J connectivity index is 1.93. The first-order chi connectivity index (χ1) is 10.3. The third-order valence-electron chi connectivity index (χ3n) is 3.70. The van der Waals surface area contributed by atoms with Crippen LogP contribution in [-0.2, 0) is 13.2 Å². The fourth-order valence-corrected chi connectivity index (χ4v) is 2.35. The zero-order chi connectivity index (χ0) is 15.1. The first-order valence-electron chi connectivity index (χ1n) is 7.54. The molecule has 21 heavy (non-hydrogen) atoms. The minimum absolute atomic E-state index is 0.0904. The van der Waals surface area contributed by atoms with Crippen LogP contribution >= 0.6 is 0 Å². The zero-order valence-electron chi connectivity index (χ0n) is 12.8. The number of hydrogen-bond acceptors (Lipinski definition) is 3. The Kier molecular flexibility index (Phi) is 5.64. The highest BCUT2D eigenvalue weighted by atomic mass is 16.3. The predicted octanol–water partition coefficient (Wildman–Crippen LogP) is 3.64. The third kappa shape index (κ3) is 4.23. The van der Waals surface area contributed by atoms with E-state index in [1.165, 1.54) is 11.3 Å². The number of aliphatic hydroxyl groups is 1. The average molecular weight is 284 g/mol. The summed E-state index contributed by atoms with van der Waals surface area (Å²) in [5.74, 6) is 0. The summed E-state index contributed by atoms with van der Waals surface area (Å²) in [5.41, 5.74) is 4.54. The van der Waals surface area contributed by atoms with Gasteiger partial charge in [-0.25, -0.2) is 0 Å². The average Bonchev–Trinajstić information content (AvgIpc) is 2.55. The molecular formula is C18H24N2O. The first-order valence-corrected chi connectivity index (χ1v) is 7.54. The van der Waals surface area contributed by atoms with Crippen LogP contribution < -0.4 is 10.2 Å². The minimum Gasteiger partial charge on any atom is -0.392 e. The van der Waals surface area contributed by atoms with E-state index in [1.807, 2.05) is 24.3 Å². The largest absolute Gasteiger partial charge is 0.392 e. The van der Waals surface area contributed by atoms with Gasteiger partial charge in [0.1, 0.15) is 0 Å². The van der Waals surface area contributed by atoms with Crippen LogP contribution in [-0.4, -0.2) is 18.2 Å². The number of nitrogens with one attached hydrogen (secondary N) is 1. The van der Waals surface area contributed by atoms with Crippen molar-refractivity contribution in [3.05, 3.63) is 59.7 Å². The molecule has 0 spiro atoms. The number of aliphatic hydroxyl groups excluding tert-OH is 1. The van der Waals surface area contributed by atoms with Crippen LogP contribution in [0.3, 0.4) is 0 Å². The van der Waals surface area contributed by atoms with Gasteiger partial charge < -0.3 is 15.3 Å². The third-order valence-corrected chi connectivity index (χ3v) is 3.70. The van der Waals surface area contributed by atoms with Crippen molar-refractivity contribution in [2.45, 2.75) is 27.0 Å². The second-order valence-electron chi connectivity index (χ2n) is 5.05. The summed E-state index contributed by atoms with van der Waals surface area (Å²) in [5, 5.41) is 12.4. The minimum atomic E-state index is 0.0904. The van der Waals surface area contributed by atoms with Gasteiger partial charge in [0.25, 0.3) is 0 Å². The Morgan fingerprint density at radius 2 is 1.43 bits per heavy atom. The summed E-state index contributed by atoms with van der Waals surface area (Å²) in [6.07, 6.45) is 0. The number of anilines is 2. The monoisotopic (exact) mass is 284 g/mol. The van der Waals surface area contributed by atoms with E-state index in [4.69, 9.17) is 5.11 Å². The molecule has 0 bridgehead atoms. The van der Waals surface area contributed by atoms with E-state index < -0.39 is 0 Å². The molecule has 0 aromatic heterocycles. The summed E-state index contributed by atoms with van der Waals surface area (Å²) in [6, 6.07) is 16.6. The fraction of sp³-hybridized carbons (Fsp3) is 0.333. The van der Waals surface area contributed by atoms with Gasteiger partial charge in [-0.05, 0) is 49.2 Å². The number of benzene rings is 2. The molecule has 0 fully saturated rings. The smallest absolute Gasteiger partial charge is 0.0681 e. The van der Waals surface area contributed by atoms with Crippen molar-refractivity contribution in [1.82, 2.24) is 0 Å². The van der Waals surface area contributed by atoms with Crippen LogP contribution in [0.5, 0.6) is 0 Å². The summed E-state index contributed by atoms with van der Waals surface area (Å²) in [7, 11) is 0. The zero-order valence-corrected chi connectivity index (χ0v) is 12.8. The SMILES string of the molecule is CCN(CC)c1ccc(CNc2ccc(CO)cc2)cc1. The Labute approximate surface area is 127 Å². The van der Waals surface area contributed by atoms with E-state index in [-0.39, 0.29) is 6.61 Å². The normalized spacial score (nSPS) is 10.4. The molecular weight excluding hydrogens is 260 g/mol. The first kappa shape index (κ1) is 15.4. The van der Waals surface area contributed by atoms with Gasteiger partial charge in [-0.2, -0.15) is 0 Å². The molecule has 0 radical (unpaired) electrons. The number of rotatable bonds is 7. The molecule has 0 aliphatic heterocycles. The molecule has 2 N–H and O–H groups in total. The number of nitrogens with zero attached hydrogens (tertiary/aromatic N) is 1. The van der Waals surface area contributed by atoms with Crippen molar-refractivity contribution < 1.29 is 5.11 Å².